The number of phenols is 1. The lowest BCUT2D eigenvalue weighted by molar-refractivity contribution is -0.135. The molecular formula is C46H60N10O8S2. The lowest BCUT2D eigenvalue weighted by Crippen LogP contribution is -2.61. The fourth-order valence-corrected chi connectivity index (χ4v) is 9.60. The van der Waals surface area contributed by atoms with Gasteiger partial charge in [-0.3, -0.25) is 33.6 Å². The van der Waals surface area contributed by atoms with Crippen molar-refractivity contribution >= 4 is 73.8 Å². The average Bonchev–Trinajstić information content (AvgIpc) is 3.70. The van der Waals surface area contributed by atoms with Crippen LogP contribution in [0.1, 0.15) is 49.8 Å². The van der Waals surface area contributed by atoms with Crippen LogP contribution in [0.4, 0.5) is 0 Å². The highest BCUT2D eigenvalue weighted by Crippen LogP contribution is 2.24. The zero-order chi connectivity index (χ0) is 47.8. The van der Waals surface area contributed by atoms with Crippen LogP contribution >= 0.6 is 21.6 Å². The van der Waals surface area contributed by atoms with Crippen molar-refractivity contribution in [2.24, 2.45) is 23.1 Å². The van der Waals surface area contributed by atoms with Crippen molar-refractivity contribution in [3.63, 3.8) is 0 Å². The van der Waals surface area contributed by atoms with Gasteiger partial charge in [0.25, 0.3) is 0 Å². The SMILES string of the molecule is CC(C)[C@H](NC(=O)[C@@H]1CSSC[C@H](N)C(=O)N[C@@H](Cc2ccccc2)C(=O)N[C@@H](Cc2c[nH]c3ccccc23)C(=O)N[C@@H](CCCCN)C(=O)N[C@@H](Cc2ccc(O)cc2)C(=O)N1)C(N)=O. The first-order valence-corrected chi connectivity index (χ1v) is 24.3. The van der Waals surface area contributed by atoms with Crippen LogP contribution in [-0.4, -0.2) is 112 Å². The molecule has 20 heteroatoms. The number of carbonyl (C=O) groups is 7. The molecule has 1 fully saturated rings. The fourth-order valence-electron chi connectivity index (χ4n) is 7.31. The molecule has 4 aromatic rings. The second-order valence-electron chi connectivity index (χ2n) is 16.5. The molecule has 5 rings (SSSR count). The third-order valence-electron chi connectivity index (χ3n) is 11.0. The first kappa shape index (κ1) is 50.9. The summed E-state index contributed by atoms with van der Waals surface area (Å²) in [5.41, 5.74) is 20.6. The van der Waals surface area contributed by atoms with Crippen LogP contribution in [0.15, 0.2) is 85.1 Å². The number of aromatic nitrogens is 1. The fraction of sp³-hybridized carbons (Fsp3) is 0.413. The Morgan fingerprint density at radius 1 is 0.697 bits per heavy atom. The maximum absolute atomic E-state index is 14.6. The van der Waals surface area contributed by atoms with E-state index in [0.29, 0.717) is 30.5 Å². The monoisotopic (exact) mass is 944 g/mol. The van der Waals surface area contributed by atoms with Gasteiger partial charge in [0.15, 0.2) is 0 Å². The van der Waals surface area contributed by atoms with Crippen molar-refractivity contribution in [1.29, 1.82) is 0 Å². The van der Waals surface area contributed by atoms with Gasteiger partial charge in [0.1, 0.15) is 42.0 Å². The quantitative estimate of drug-likeness (QED) is 0.0619. The van der Waals surface area contributed by atoms with Crippen molar-refractivity contribution in [2.45, 2.75) is 94.7 Å². The van der Waals surface area contributed by atoms with E-state index >= 15 is 0 Å². The molecule has 66 heavy (non-hydrogen) atoms. The van der Waals surface area contributed by atoms with Gasteiger partial charge in [-0.15, -0.1) is 0 Å². The molecule has 14 N–H and O–H groups in total. The summed E-state index contributed by atoms with van der Waals surface area (Å²) in [6, 6.07) is 14.0. The van der Waals surface area contributed by atoms with Crippen molar-refractivity contribution < 1.29 is 38.7 Å². The molecule has 1 aliphatic heterocycles. The van der Waals surface area contributed by atoms with Gasteiger partial charge in [-0.2, -0.15) is 0 Å². The Hall–Kier alpha value is -6.09. The summed E-state index contributed by atoms with van der Waals surface area (Å²) < 4.78 is 0. The summed E-state index contributed by atoms with van der Waals surface area (Å²) in [7, 11) is 2.27. The number of carbonyl (C=O) groups excluding carboxylic acids is 7. The molecule has 1 aliphatic rings. The standard InChI is InChI=1S/C46H60N10O8S2/c1-26(2)39(40(49)58)56-46(64)38-25-66-65-24-32(48)41(59)52-35(20-27-10-4-3-5-11-27)43(61)54-37(22-29-23-50-33-13-7-6-12-31(29)33)45(63)51-34(14-8-9-19-47)42(60)53-36(44(62)55-38)21-28-15-17-30(57)18-16-28/h3-7,10-13,15-18,23,26,32,34-39,50,57H,8-9,14,19-22,24-25,47-48H2,1-2H3,(H2,49,58)(H,51,63)(H,52,59)(H,53,60)(H,54,61)(H,55,62)(H,56,64)/t32-,34-,35-,36-,37-,38-,39-/m0/s1. The van der Waals surface area contributed by atoms with E-state index in [-0.39, 0.29) is 42.9 Å². The van der Waals surface area contributed by atoms with Gasteiger partial charge in [-0.05, 0) is 66.6 Å². The third-order valence-corrected chi connectivity index (χ3v) is 13.5. The van der Waals surface area contributed by atoms with E-state index in [2.05, 4.69) is 36.9 Å². The molecule has 1 aromatic heterocycles. The van der Waals surface area contributed by atoms with E-state index in [1.807, 2.05) is 30.3 Å². The van der Waals surface area contributed by atoms with Crippen LogP contribution in [0.2, 0.25) is 0 Å². The highest BCUT2D eigenvalue weighted by Gasteiger charge is 2.35. The summed E-state index contributed by atoms with van der Waals surface area (Å²) in [6.45, 7) is 3.70. The number of amides is 7. The zero-order valence-corrected chi connectivity index (χ0v) is 38.6. The number of aromatic hydroxyl groups is 1. The van der Waals surface area contributed by atoms with E-state index in [0.717, 1.165) is 38.1 Å². The Balaban J connectivity index is 1.55. The number of H-pyrrole nitrogens is 1. The number of primary amides is 1. The van der Waals surface area contributed by atoms with E-state index in [4.69, 9.17) is 17.2 Å². The van der Waals surface area contributed by atoms with Crippen LogP contribution in [0.3, 0.4) is 0 Å². The number of nitrogens with two attached hydrogens (primary N) is 3. The number of phenolic OH excluding ortho intramolecular Hbond substituents is 1. The number of unbranched alkanes of at least 4 members (excludes halogenated alkanes) is 1. The number of benzene rings is 3. The molecule has 2 heterocycles. The minimum atomic E-state index is -1.33. The Bertz CT molecular complexity index is 2300. The Labute approximate surface area is 391 Å². The van der Waals surface area contributed by atoms with Gasteiger partial charge >= 0.3 is 0 Å². The number of aromatic amines is 1. The van der Waals surface area contributed by atoms with Gasteiger partial charge in [0.05, 0.1) is 6.04 Å². The van der Waals surface area contributed by atoms with Crippen LogP contribution < -0.4 is 49.1 Å². The normalized spacial score (nSPS) is 22.3. The summed E-state index contributed by atoms with van der Waals surface area (Å²) in [6.07, 6.45) is 2.69. The van der Waals surface area contributed by atoms with Gasteiger partial charge < -0.3 is 59.2 Å². The number of hydrogen-bond donors (Lipinski definition) is 11. The number of nitrogens with one attached hydrogen (secondary N) is 7. The number of rotatable bonds is 14. The highest BCUT2D eigenvalue weighted by molar-refractivity contribution is 8.76. The molecule has 0 aliphatic carbocycles. The van der Waals surface area contributed by atoms with E-state index in [1.165, 1.54) is 12.1 Å². The van der Waals surface area contributed by atoms with Crippen molar-refractivity contribution in [3.8, 4) is 5.75 Å². The van der Waals surface area contributed by atoms with E-state index in [9.17, 15) is 38.7 Å². The Kier molecular flexibility index (Phi) is 19.3. The predicted molar refractivity (Wildman–Crippen MR) is 255 cm³/mol. The molecule has 0 radical (unpaired) electrons. The largest absolute Gasteiger partial charge is 0.508 e. The third kappa shape index (κ3) is 15.0. The molecule has 0 unspecified atom stereocenters. The lowest BCUT2D eigenvalue weighted by Gasteiger charge is -2.28. The van der Waals surface area contributed by atoms with Gasteiger partial charge in [0.2, 0.25) is 41.4 Å². The summed E-state index contributed by atoms with van der Waals surface area (Å²) in [4.78, 5) is 101. The molecule has 1 saturated heterocycles. The minimum Gasteiger partial charge on any atom is -0.508 e. The number of hydrogen-bond acceptors (Lipinski definition) is 12. The van der Waals surface area contributed by atoms with Crippen molar-refractivity contribution in [2.75, 3.05) is 18.1 Å². The average molecular weight is 945 g/mol. The van der Waals surface area contributed by atoms with Gasteiger partial charge in [0, 0.05) is 47.9 Å². The Morgan fingerprint density at radius 2 is 1.24 bits per heavy atom. The molecule has 18 nitrogen and oxygen atoms in total. The summed E-state index contributed by atoms with van der Waals surface area (Å²) >= 11 is 0. The van der Waals surface area contributed by atoms with Crippen molar-refractivity contribution in [3.05, 3.63) is 102 Å². The van der Waals surface area contributed by atoms with Crippen LogP contribution in [0.5, 0.6) is 5.75 Å². The molecule has 0 spiro atoms. The second-order valence-corrected chi connectivity index (χ2v) is 19.1. The lowest BCUT2D eigenvalue weighted by atomic mass is 10.0. The Morgan fingerprint density at radius 3 is 1.88 bits per heavy atom. The smallest absolute Gasteiger partial charge is 0.244 e. The van der Waals surface area contributed by atoms with Gasteiger partial charge in [-0.25, -0.2) is 0 Å². The van der Waals surface area contributed by atoms with Crippen LogP contribution in [0, 0.1) is 5.92 Å². The van der Waals surface area contributed by atoms with E-state index < -0.39 is 89.6 Å². The van der Waals surface area contributed by atoms with Crippen molar-refractivity contribution in [1.82, 2.24) is 36.9 Å². The zero-order valence-electron chi connectivity index (χ0n) is 36.9. The molecule has 7 atom stereocenters. The molecule has 0 bridgehead atoms. The van der Waals surface area contributed by atoms with Crippen LogP contribution in [-0.2, 0) is 52.8 Å². The second kappa shape index (κ2) is 25.0. The van der Waals surface area contributed by atoms with Crippen LogP contribution in [0.25, 0.3) is 10.9 Å². The first-order chi connectivity index (χ1) is 31.6. The van der Waals surface area contributed by atoms with Gasteiger partial charge in [-0.1, -0.05) is 96.1 Å². The molecule has 7 amide bonds. The minimum absolute atomic E-state index is 0.0130. The summed E-state index contributed by atoms with van der Waals surface area (Å²) in [5, 5.41) is 27.4. The summed E-state index contributed by atoms with van der Waals surface area (Å²) in [5.74, 6) is -5.51. The molecule has 3 aromatic carbocycles. The maximum atomic E-state index is 14.6. The molecular weight excluding hydrogens is 885 g/mol. The molecule has 354 valence electrons. The number of fused-ring (bicyclic) bond motifs is 1. The van der Waals surface area contributed by atoms with E-state index in [1.54, 1.807) is 56.4 Å². The molecule has 0 saturated carbocycles. The number of para-hydroxylation sites is 1. The first-order valence-electron chi connectivity index (χ1n) is 21.8. The topological polar surface area (TPSA) is 306 Å². The predicted octanol–water partition coefficient (Wildman–Crippen LogP) is 0.803. The maximum Gasteiger partial charge on any atom is 0.244 e. The highest BCUT2D eigenvalue weighted by atomic mass is 33.1.